The molecule has 0 fully saturated rings. The van der Waals surface area contributed by atoms with Crippen LogP contribution in [0.5, 0.6) is 0 Å². The number of phosphoric ester groups is 1. The number of rotatable bonds is 36. The molecule has 0 rings (SSSR count). The summed E-state index contributed by atoms with van der Waals surface area (Å²) in [6.07, 6.45) is 37.9. The van der Waals surface area contributed by atoms with Crippen LogP contribution in [0.4, 0.5) is 0 Å². The maximum Gasteiger partial charge on any atom is 0.472 e. The molecule has 0 radical (unpaired) electrons. The molecule has 0 aromatic carbocycles. The molecule has 9 heteroatoms. The Hall–Kier alpha value is -1.02. The molecule has 0 aliphatic carbocycles. The fourth-order valence-electron chi connectivity index (χ4n) is 5.56. The maximum absolute atomic E-state index is 12.7. The van der Waals surface area contributed by atoms with Crippen LogP contribution in [0.3, 0.4) is 0 Å². The van der Waals surface area contributed by atoms with Crippen molar-refractivity contribution in [1.82, 2.24) is 5.32 Å². The highest BCUT2D eigenvalue weighted by molar-refractivity contribution is 7.47. The third-order valence-corrected chi connectivity index (χ3v) is 9.51. The lowest BCUT2D eigenvalue weighted by atomic mass is 10.0. The summed E-state index contributed by atoms with van der Waals surface area (Å²) in [6, 6.07) is -0.870. The molecule has 0 aliphatic heterocycles. The number of hydrogen-bond acceptors (Lipinski definition) is 6. The summed E-state index contributed by atoms with van der Waals surface area (Å²) in [7, 11) is -4.34. The fourth-order valence-corrected chi connectivity index (χ4v) is 6.32. The van der Waals surface area contributed by atoms with Crippen LogP contribution in [0.2, 0.25) is 0 Å². The van der Waals surface area contributed by atoms with Gasteiger partial charge in [0.1, 0.15) is 0 Å². The number of unbranched alkanes of at least 4 members (excludes halogenated alkanes) is 22. The van der Waals surface area contributed by atoms with Gasteiger partial charge in [-0.1, -0.05) is 167 Å². The first kappa shape index (κ1) is 46.0. The molecule has 0 aromatic rings. The van der Waals surface area contributed by atoms with Crippen LogP contribution in [-0.2, 0) is 18.4 Å². The highest BCUT2D eigenvalue weighted by Gasteiger charge is 2.26. The molecule has 0 aromatic heterocycles. The highest BCUT2D eigenvalue weighted by Crippen LogP contribution is 2.43. The van der Waals surface area contributed by atoms with Gasteiger partial charge >= 0.3 is 7.82 Å². The van der Waals surface area contributed by atoms with Gasteiger partial charge in [0.25, 0.3) is 0 Å². The Labute approximate surface area is 289 Å². The zero-order valence-corrected chi connectivity index (χ0v) is 31.4. The first-order chi connectivity index (χ1) is 22.9. The molecule has 0 spiro atoms. The topological polar surface area (TPSA) is 131 Å². The average molecular weight is 687 g/mol. The van der Waals surface area contributed by atoms with Gasteiger partial charge < -0.3 is 21.1 Å². The van der Waals surface area contributed by atoms with Crippen LogP contribution in [-0.4, -0.2) is 47.8 Å². The van der Waals surface area contributed by atoms with E-state index in [1.165, 1.54) is 122 Å². The summed E-state index contributed by atoms with van der Waals surface area (Å²) in [5, 5.41) is 13.6. The third-order valence-electron chi connectivity index (χ3n) is 8.53. The molecule has 0 saturated carbocycles. The second-order valence-corrected chi connectivity index (χ2v) is 14.6. The van der Waals surface area contributed by atoms with E-state index >= 15 is 0 Å². The number of hydrogen-bond donors (Lipinski definition) is 4. The largest absolute Gasteiger partial charge is 0.472 e. The van der Waals surface area contributed by atoms with E-state index in [0.717, 1.165) is 38.5 Å². The van der Waals surface area contributed by atoms with E-state index in [2.05, 4.69) is 31.3 Å². The Morgan fingerprint density at radius 3 is 1.64 bits per heavy atom. The van der Waals surface area contributed by atoms with E-state index in [1.54, 1.807) is 6.08 Å². The van der Waals surface area contributed by atoms with Crippen LogP contribution in [0.15, 0.2) is 24.3 Å². The molecule has 0 heterocycles. The molecular formula is C38H75N2O6P. The van der Waals surface area contributed by atoms with Crippen molar-refractivity contribution in [1.29, 1.82) is 0 Å². The van der Waals surface area contributed by atoms with Gasteiger partial charge in [-0.05, 0) is 32.1 Å². The van der Waals surface area contributed by atoms with Crippen LogP contribution >= 0.6 is 7.82 Å². The van der Waals surface area contributed by atoms with Crippen molar-refractivity contribution in [3.63, 3.8) is 0 Å². The van der Waals surface area contributed by atoms with Gasteiger partial charge in [0.15, 0.2) is 0 Å². The lowest BCUT2D eigenvalue weighted by Crippen LogP contribution is -2.45. The van der Waals surface area contributed by atoms with Gasteiger partial charge in [0, 0.05) is 13.0 Å². The standard InChI is InChI=1S/C38H75N2O6P/c1-3-5-7-9-11-13-15-17-18-20-22-24-26-28-30-32-38(42)40-36(35-46-47(43,44)45-34-33-39)37(41)31-29-27-25-23-21-19-16-14-12-10-8-6-4-2/h21,23,29,31,36-37,41H,3-20,22,24-28,30,32-35,39H2,1-2H3,(H,40,42)(H,43,44)/b23-21+,31-29+/t36-,37+/m0/s1. The minimum absolute atomic E-state index is 0.0756. The molecule has 278 valence electrons. The summed E-state index contributed by atoms with van der Waals surface area (Å²) in [4.78, 5) is 22.6. The van der Waals surface area contributed by atoms with Crippen molar-refractivity contribution in [3.05, 3.63) is 24.3 Å². The molecule has 8 nitrogen and oxygen atoms in total. The van der Waals surface area contributed by atoms with E-state index in [1.807, 2.05) is 6.08 Å². The summed E-state index contributed by atoms with van der Waals surface area (Å²) in [5.41, 5.74) is 5.35. The van der Waals surface area contributed by atoms with E-state index in [4.69, 9.17) is 14.8 Å². The van der Waals surface area contributed by atoms with Crippen molar-refractivity contribution in [2.24, 2.45) is 5.73 Å². The number of nitrogens with two attached hydrogens (primary N) is 1. The van der Waals surface area contributed by atoms with E-state index in [9.17, 15) is 19.4 Å². The molecule has 1 unspecified atom stereocenters. The summed E-state index contributed by atoms with van der Waals surface area (Å²) in [5.74, 6) is -0.204. The first-order valence-electron chi connectivity index (χ1n) is 19.5. The van der Waals surface area contributed by atoms with Crippen molar-refractivity contribution in [2.75, 3.05) is 19.8 Å². The molecule has 5 N–H and O–H groups in total. The second kappa shape index (κ2) is 34.8. The Bertz CT molecular complexity index is 794. The highest BCUT2D eigenvalue weighted by atomic mass is 31.2. The molecule has 1 amide bonds. The van der Waals surface area contributed by atoms with Gasteiger partial charge in [0.2, 0.25) is 5.91 Å². The predicted octanol–water partition coefficient (Wildman–Crippen LogP) is 10.2. The van der Waals surface area contributed by atoms with E-state index < -0.39 is 20.0 Å². The quantitative estimate of drug-likeness (QED) is 0.0293. The average Bonchev–Trinajstić information content (AvgIpc) is 3.05. The zero-order valence-electron chi connectivity index (χ0n) is 30.5. The Kier molecular flexibility index (Phi) is 34.1. The van der Waals surface area contributed by atoms with E-state index in [-0.39, 0.29) is 25.7 Å². The van der Waals surface area contributed by atoms with Crippen molar-refractivity contribution >= 4 is 13.7 Å². The van der Waals surface area contributed by atoms with Gasteiger partial charge in [-0.15, -0.1) is 0 Å². The first-order valence-corrected chi connectivity index (χ1v) is 21.0. The van der Waals surface area contributed by atoms with Gasteiger partial charge in [-0.2, -0.15) is 0 Å². The number of aliphatic hydroxyl groups excluding tert-OH is 1. The molecule has 0 saturated heterocycles. The maximum atomic E-state index is 12.7. The lowest BCUT2D eigenvalue weighted by Gasteiger charge is -2.23. The van der Waals surface area contributed by atoms with Crippen LogP contribution < -0.4 is 11.1 Å². The lowest BCUT2D eigenvalue weighted by molar-refractivity contribution is -0.123. The number of amides is 1. The third kappa shape index (κ3) is 33.3. The Morgan fingerprint density at radius 2 is 1.13 bits per heavy atom. The molecule has 3 atom stereocenters. The Morgan fingerprint density at radius 1 is 0.681 bits per heavy atom. The second-order valence-electron chi connectivity index (χ2n) is 13.1. The summed E-state index contributed by atoms with van der Waals surface area (Å²) >= 11 is 0. The van der Waals surface area contributed by atoms with Crippen molar-refractivity contribution in [3.8, 4) is 0 Å². The number of aliphatic hydroxyl groups is 1. The summed E-state index contributed by atoms with van der Waals surface area (Å²) in [6.45, 7) is 4.10. The number of carbonyl (C=O) groups excluding carboxylic acids is 1. The van der Waals surface area contributed by atoms with Crippen LogP contribution in [0, 0.1) is 0 Å². The molecular weight excluding hydrogens is 611 g/mol. The Balaban J connectivity index is 4.32. The predicted molar refractivity (Wildman–Crippen MR) is 198 cm³/mol. The minimum Gasteiger partial charge on any atom is -0.387 e. The van der Waals surface area contributed by atoms with Gasteiger partial charge in [0.05, 0.1) is 25.4 Å². The zero-order chi connectivity index (χ0) is 34.7. The smallest absolute Gasteiger partial charge is 0.387 e. The molecule has 0 bridgehead atoms. The van der Waals surface area contributed by atoms with Crippen molar-refractivity contribution < 1.29 is 28.4 Å². The van der Waals surface area contributed by atoms with Crippen LogP contribution in [0.1, 0.15) is 181 Å². The number of allylic oxidation sites excluding steroid dienone is 3. The molecule has 47 heavy (non-hydrogen) atoms. The van der Waals surface area contributed by atoms with Crippen molar-refractivity contribution in [2.45, 2.75) is 193 Å². The molecule has 0 aliphatic rings. The SMILES string of the molecule is CCCCCCCCC/C=C/CC/C=C/[C@@H](O)[C@H](COP(=O)(O)OCCN)NC(=O)CCCCCCCCCCCCCCCCC. The van der Waals surface area contributed by atoms with E-state index in [0.29, 0.717) is 6.42 Å². The summed E-state index contributed by atoms with van der Waals surface area (Å²) < 4.78 is 22.0. The number of phosphoric acid groups is 1. The number of carbonyl (C=O) groups is 1. The van der Waals surface area contributed by atoms with Crippen LogP contribution in [0.25, 0.3) is 0 Å². The normalized spacial score (nSPS) is 14.6. The fraction of sp³-hybridized carbons (Fsp3) is 0.868. The minimum atomic E-state index is -4.34. The van der Waals surface area contributed by atoms with Gasteiger partial charge in [-0.25, -0.2) is 4.57 Å². The van der Waals surface area contributed by atoms with Gasteiger partial charge in [-0.3, -0.25) is 13.8 Å². The number of nitrogens with one attached hydrogen (secondary N) is 1. The monoisotopic (exact) mass is 687 g/mol.